The molecule has 3 aromatic rings. The first-order chi connectivity index (χ1) is 19.8. The van der Waals surface area contributed by atoms with Crippen LogP contribution in [0.25, 0.3) is 11.1 Å². The molecule has 1 aliphatic carbocycles. The third-order valence-corrected chi connectivity index (χ3v) is 9.51. The second-order valence-corrected chi connectivity index (χ2v) is 13.1. The number of sulfone groups is 1. The Morgan fingerprint density at radius 1 is 1.02 bits per heavy atom. The van der Waals surface area contributed by atoms with Crippen LogP contribution in [-0.4, -0.2) is 42.6 Å². The zero-order valence-corrected chi connectivity index (χ0v) is 24.1. The predicted molar refractivity (Wildman–Crippen MR) is 158 cm³/mol. The summed E-state index contributed by atoms with van der Waals surface area (Å²) in [7, 11) is -2.88. The third-order valence-electron chi connectivity index (χ3n) is 7.80. The molecule has 1 N–H and O–H groups in total. The molecule has 0 amide bonds. The van der Waals surface area contributed by atoms with Gasteiger partial charge in [-0.2, -0.15) is 0 Å². The van der Waals surface area contributed by atoms with Crippen LogP contribution in [0.4, 0.5) is 0 Å². The zero-order chi connectivity index (χ0) is 28.8. The standard InChI is InChI=1S/C33H35NO6S/c1-2-4-27(20-33(35)36)25-9-11-28(12-10-25)39-22-24-7-8-26-5-3-6-31-29(30(26)19-24)13-14-32(34-31)40-21-23-15-17-41(37,38)18-16-23/h7-14,19,23,27H,3,5-6,15-18,20-22H2,1H3,(H,35,36)/t27-/m0/s1. The van der Waals surface area contributed by atoms with Gasteiger partial charge in [-0.05, 0) is 91.5 Å². The van der Waals surface area contributed by atoms with E-state index in [9.17, 15) is 18.3 Å². The first kappa shape index (κ1) is 28.7. The smallest absolute Gasteiger partial charge is 0.304 e. The van der Waals surface area contributed by atoms with E-state index in [0.717, 1.165) is 41.6 Å². The monoisotopic (exact) mass is 573 g/mol. The van der Waals surface area contributed by atoms with Gasteiger partial charge in [0.2, 0.25) is 5.88 Å². The largest absolute Gasteiger partial charge is 0.489 e. The van der Waals surface area contributed by atoms with Crippen LogP contribution in [-0.2, 0) is 34.1 Å². The first-order valence-corrected chi connectivity index (χ1v) is 15.9. The number of carboxylic acids is 1. The summed E-state index contributed by atoms with van der Waals surface area (Å²) in [5.74, 6) is 6.61. The Morgan fingerprint density at radius 3 is 2.54 bits per heavy atom. The molecule has 8 heteroatoms. The second kappa shape index (κ2) is 12.8. The van der Waals surface area contributed by atoms with Gasteiger partial charge >= 0.3 is 5.97 Å². The Labute approximate surface area is 241 Å². The number of carboxylic acid groups (broad SMARTS) is 1. The first-order valence-electron chi connectivity index (χ1n) is 14.1. The van der Waals surface area contributed by atoms with Crippen LogP contribution in [0, 0.1) is 17.8 Å². The number of hydrogen-bond donors (Lipinski definition) is 1. The van der Waals surface area contributed by atoms with Gasteiger partial charge in [-0.15, -0.1) is 5.92 Å². The molecule has 0 saturated carbocycles. The average molecular weight is 574 g/mol. The number of aliphatic carboxylic acids is 1. The van der Waals surface area contributed by atoms with Crippen LogP contribution in [0.15, 0.2) is 54.6 Å². The lowest BCUT2D eigenvalue weighted by Crippen LogP contribution is -2.27. The van der Waals surface area contributed by atoms with Crippen molar-refractivity contribution in [3.63, 3.8) is 0 Å². The Bertz CT molecular complexity index is 1560. The molecule has 1 aliphatic heterocycles. The van der Waals surface area contributed by atoms with Crippen LogP contribution in [0.3, 0.4) is 0 Å². The lowest BCUT2D eigenvalue weighted by molar-refractivity contribution is -0.137. The molecule has 0 bridgehead atoms. The quantitative estimate of drug-likeness (QED) is 0.332. The second-order valence-electron chi connectivity index (χ2n) is 10.8. The van der Waals surface area contributed by atoms with Gasteiger partial charge in [0.05, 0.1) is 36.1 Å². The van der Waals surface area contributed by atoms with Crippen molar-refractivity contribution in [1.29, 1.82) is 0 Å². The molecule has 2 heterocycles. The zero-order valence-electron chi connectivity index (χ0n) is 23.3. The molecule has 5 rings (SSSR count). The number of benzene rings is 2. The molecular weight excluding hydrogens is 538 g/mol. The van der Waals surface area contributed by atoms with Crippen molar-refractivity contribution >= 4 is 15.8 Å². The fraction of sp³-hybridized carbons (Fsp3) is 0.394. The van der Waals surface area contributed by atoms with Crippen LogP contribution < -0.4 is 9.47 Å². The molecule has 0 radical (unpaired) electrons. The van der Waals surface area contributed by atoms with E-state index < -0.39 is 15.8 Å². The molecule has 1 saturated heterocycles. The minimum Gasteiger partial charge on any atom is -0.489 e. The van der Waals surface area contributed by atoms with E-state index in [1.165, 1.54) is 11.1 Å². The fourth-order valence-electron chi connectivity index (χ4n) is 5.50. The molecule has 1 atom stereocenters. The van der Waals surface area contributed by atoms with Crippen molar-refractivity contribution in [2.24, 2.45) is 5.92 Å². The predicted octanol–water partition coefficient (Wildman–Crippen LogP) is 5.60. The van der Waals surface area contributed by atoms with Crippen molar-refractivity contribution < 1.29 is 27.8 Å². The van der Waals surface area contributed by atoms with Gasteiger partial charge in [-0.25, -0.2) is 13.4 Å². The van der Waals surface area contributed by atoms with Gasteiger partial charge in [0.1, 0.15) is 22.2 Å². The van der Waals surface area contributed by atoms with Crippen LogP contribution in [0.1, 0.15) is 60.9 Å². The number of rotatable bonds is 9. The molecule has 1 fully saturated rings. The van der Waals surface area contributed by atoms with Crippen LogP contribution >= 0.6 is 0 Å². The molecule has 214 valence electrons. The van der Waals surface area contributed by atoms with Gasteiger partial charge in [-0.3, -0.25) is 4.79 Å². The van der Waals surface area contributed by atoms with E-state index in [0.29, 0.717) is 37.7 Å². The van der Waals surface area contributed by atoms with E-state index in [1.807, 2.05) is 30.3 Å². The highest BCUT2D eigenvalue weighted by molar-refractivity contribution is 7.91. The minimum absolute atomic E-state index is 0.0347. The number of ether oxygens (including phenoxy) is 2. The van der Waals surface area contributed by atoms with Crippen molar-refractivity contribution in [1.82, 2.24) is 4.98 Å². The maximum absolute atomic E-state index is 11.7. The average Bonchev–Trinajstić information content (AvgIpc) is 3.14. The van der Waals surface area contributed by atoms with E-state index >= 15 is 0 Å². The minimum atomic E-state index is -2.88. The summed E-state index contributed by atoms with van der Waals surface area (Å²) in [6.07, 6.45) is 4.10. The number of nitrogens with zero attached hydrogens (tertiary/aromatic N) is 1. The summed E-state index contributed by atoms with van der Waals surface area (Å²) in [6, 6.07) is 17.9. The molecule has 41 heavy (non-hydrogen) atoms. The van der Waals surface area contributed by atoms with Gasteiger partial charge in [0.25, 0.3) is 0 Å². The summed E-state index contributed by atoms with van der Waals surface area (Å²) in [5.41, 5.74) is 6.50. The van der Waals surface area contributed by atoms with Crippen LogP contribution in [0.5, 0.6) is 11.6 Å². The summed E-state index contributed by atoms with van der Waals surface area (Å²) < 4.78 is 35.5. The third kappa shape index (κ3) is 7.47. The summed E-state index contributed by atoms with van der Waals surface area (Å²) >= 11 is 0. The molecule has 1 aromatic heterocycles. The summed E-state index contributed by atoms with van der Waals surface area (Å²) in [4.78, 5) is 16.0. The Kier molecular flexibility index (Phi) is 8.94. The maximum atomic E-state index is 11.7. The Hall–Kier alpha value is -3.83. The van der Waals surface area contributed by atoms with E-state index in [4.69, 9.17) is 14.5 Å². The van der Waals surface area contributed by atoms with Crippen LogP contribution in [0.2, 0.25) is 0 Å². The summed E-state index contributed by atoms with van der Waals surface area (Å²) in [5, 5.41) is 9.18. The highest BCUT2D eigenvalue weighted by Crippen LogP contribution is 2.34. The van der Waals surface area contributed by atoms with Gasteiger partial charge in [0, 0.05) is 11.6 Å². The molecule has 2 aromatic carbocycles. The van der Waals surface area contributed by atoms with Gasteiger partial charge in [-0.1, -0.05) is 30.2 Å². The Balaban J connectivity index is 1.25. The highest BCUT2D eigenvalue weighted by Gasteiger charge is 2.24. The summed E-state index contributed by atoms with van der Waals surface area (Å²) in [6.45, 7) is 2.61. The number of fused-ring (bicyclic) bond motifs is 3. The lowest BCUT2D eigenvalue weighted by Gasteiger charge is -2.22. The van der Waals surface area contributed by atoms with Gasteiger partial charge in [0.15, 0.2) is 0 Å². The fourth-order valence-corrected chi connectivity index (χ4v) is 7.09. The number of pyridine rings is 1. The number of aromatic nitrogens is 1. The van der Waals surface area contributed by atoms with Gasteiger partial charge < -0.3 is 14.6 Å². The number of aryl methyl sites for hydroxylation is 2. The highest BCUT2D eigenvalue weighted by atomic mass is 32.2. The maximum Gasteiger partial charge on any atom is 0.304 e. The molecule has 2 aliphatic rings. The van der Waals surface area contributed by atoms with E-state index in [-0.39, 0.29) is 29.8 Å². The van der Waals surface area contributed by atoms with Crippen molar-refractivity contribution in [3.8, 4) is 34.6 Å². The topological polar surface area (TPSA) is 103 Å². The lowest BCUT2D eigenvalue weighted by atomic mass is 9.96. The molecular formula is C33H35NO6S. The Morgan fingerprint density at radius 2 is 1.80 bits per heavy atom. The number of hydrogen-bond acceptors (Lipinski definition) is 6. The van der Waals surface area contributed by atoms with E-state index in [2.05, 4.69) is 36.1 Å². The van der Waals surface area contributed by atoms with Crippen molar-refractivity contribution in [3.05, 3.63) is 77.0 Å². The SMILES string of the molecule is CC#C[C@@H](CC(=O)O)c1ccc(OCc2ccc3c(c2)-c2ccc(OCC4CCS(=O)(=O)CC4)nc2CCC3)cc1. The molecule has 7 nitrogen and oxygen atoms in total. The van der Waals surface area contributed by atoms with Crippen molar-refractivity contribution in [2.75, 3.05) is 18.1 Å². The van der Waals surface area contributed by atoms with E-state index in [1.54, 1.807) is 6.92 Å². The molecule has 0 unspecified atom stereocenters. The number of carbonyl (C=O) groups is 1. The molecule has 0 spiro atoms. The van der Waals surface area contributed by atoms with Crippen molar-refractivity contribution in [2.45, 2.75) is 58.0 Å². The normalized spacial score (nSPS) is 16.7.